The molecule has 0 fully saturated rings. The van der Waals surface area contributed by atoms with E-state index in [9.17, 15) is 13.2 Å². The van der Waals surface area contributed by atoms with Crippen LogP contribution in [0.2, 0.25) is 5.02 Å². The third-order valence-corrected chi connectivity index (χ3v) is 2.33. The second kappa shape index (κ2) is 4.36. The Kier molecular flexibility index (Phi) is 3.61. The van der Waals surface area contributed by atoms with E-state index >= 15 is 0 Å². The fourth-order valence-electron chi connectivity index (χ4n) is 0.825. The zero-order chi connectivity index (χ0) is 10.8. The average Bonchev–Trinajstić information content (AvgIpc) is 2.02. The van der Waals surface area contributed by atoms with Crippen LogP contribution in [-0.2, 0) is 0 Å². The van der Waals surface area contributed by atoms with Crippen LogP contribution in [0.3, 0.4) is 0 Å². The van der Waals surface area contributed by atoms with E-state index in [0.29, 0.717) is 10.6 Å². The maximum atomic E-state index is 12.1. The van der Waals surface area contributed by atoms with E-state index in [1.54, 1.807) is 18.2 Å². The number of hydrogen-bond acceptors (Lipinski definition) is 0. The maximum Gasteiger partial charge on any atom is 0.422 e. The monoisotopic (exact) mass is 284 g/mol. The Labute approximate surface area is 92.5 Å². The van der Waals surface area contributed by atoms with Crippen molar-refractivity contribution in [2.24, 2.45) is 0 Å². The summed E-state index contributed by atoms with van der Waals surface area (Å²) in [4.78, 5) is 0. The first-order valence-corrected chi connectivity index (χ1v) is 4.76. The topological polar surface area (TPSA) is 0 Å². The molecular weight excluding hydrogens is 280 g/mol. The number of rotatable bonds is 1. The summed E-state index contributed by atoms with van der Waals surface area (Å²) < 4.78 is 35.4. The predicted octanol–water partition coefficient (Wildman–Crippen LogP) is 4.64. The first kappa shape index (κ1) is 11.6. The van der Waals surface area contributed by atoms with Gasteiger partial charge in [-0.1, -0.05) is 23.7 Å². The third-order valence-electron chi connectivity index (χ3n) is 1.41. The van der Waals surface area contributed by atoms with Crippen LogP contribution in [0.5, 0.6) is 0 Å². The van der Waals surface area contributed by atoms with Crippen LogP contribution in [-0.4, -0.2) is 6.18 Å². The number of halogens is 5. The second-order valence-corrected chi connectivity index (χ2v) is 3.84. The molecule has 0 N–H and O–H groups in total. The molecule has 76 valence electrons. The van der Waals surface area contributed by atoms with Gasteiger partial charge in [0.2, 0.25) is 0 Å². The van der Waals surface area contributed by atoms with E-state index in [1.165, 1.54) is 6.07 Å². The molecule has 0 aromatic heterocycles. The number of alkyl halides is 3. The molecule has 0 saturated heterocycles. The summed E-state index contributed by atoms with van der Waals surface area (Å²) in [5.74, 6) is 0. The highest BCUT2D eigenvalue weighted by Gasteiger charge is 2.31. The van der Waals surface area contributed by atoms with Gasteiger partial charge in [-0.25, -0.2) is 0 Å². The molecule has 1 aromatic carbocycles. The lowest BCUT2D eigenvalue weighted by molar-refractivity contribution is -0.0820. The van der Waals surface area contributed by atoms with Crippen LogP contribution in [0.25, 0.3) is 6.08 Å². The van der Waals surface area contributed by atoms with E-state index in [2.05, 4.69) is 15.9 Å². The Morgan fingerprint density at radius 1 is 1.36 bits per heavy atom. The van der Waals surface area contributed by atoms with Gasteiger partial charge in [0.1, 0.15) is 0 Å². The largest absolute Gasteiger partial charge is 0.422 e. The highest BCUT2D eigenvalue weighted by molar-refractivity contribution is 9.11. The summed E-state index contributed by atoms with van der Waals surface area (Å²) in [7, 11) is 0. The molecule has 0 heterocycles. The molecule has 0 saturated carbocycles. The molecular formula is C9H5BrClF3. The van der Waals surface area contributed by atoms with Crippen molar-refractivity contribution >= 4 is 33.6 Å². The Bertz CT molecular complexity index is 357. The molecule has 0 spiro atoms. The van der Waals surface area contributed by atoms with Crippen LogP contribution in [0.15, 0.2) is 28.7 Å². The number of allylic oxidation sites excluding steroid dienone is 1. The normalized spacial score (nSPS) is 13.1. The van der Waals surface area contributed by atoms with Crippen LogP contribution >= 0.6 is 27.5 Å². The molecule has 0 bridgehead atoms. The third kappa shape index (κ3) is 3.35. The molecule has 0 nitrogen and oxygen atoms in total. The van der Waals surface area contributed by atoms with Gasteiger partial charge >= 0.3 is 6.18 Å². The fraction of sp³-hybridized carbons (Fsp3) is 0.111. The number of benzene rings is 1. The van der Waals surface area contributed by atoms with Gasteiger partial charge in [0.25, 0.3) is 0 Å². The molecule has 0 atom stereocenters. The zero-order valence-corrected chi connectivity index (χ0v) is 9.12. The van der Waals surface area contributed by atoms with Crippen LogP contribution in [0.1, 0.15) is 5.56 Å². The van der Waals surface area contributed by atoms with E-state index < -0.39 is 10.7 Å². The summed E-state index contributed by atoms with van der Waals surface area (Å²) in [6, 6.07) is 6.18. The average molecular weight is 285 g/mol. The molecule has 0 amide bonds. The van der Waals surface area contributed by atoms with E-state index in [1.807, 2.05) is 0 Å². The zero-order valence-electron chi connectivity index (χ0n) is 6.78. The Morgan fingerprint density at radius 2 is 2.00 bits per heavy atom. The molecule has 0 radical (unpaired) electrons. The first-order valence-electron chi connectivity index (χ1n) is 3.59. The quantitative estimate of drug-likeness (QED) is 0.705. The molecule has 0 aliphatic heterocycles. The smallest absolute Gasteiger partial charge is 0.166 e. The van der Waals surface area contributed by atoms with Crippen LogP contribution < -0.4 is 0 Å². The highest BCUT2D eigenvalue weighted by Crippen LogP contribution is 2.32. The van der Waals surface area contributed by atoms with Crippen molar-refractivity contribution in [2.45, 2.75) is 6.18 Å². The van der Waals surface area contributed by atoms with E-state index in [0.717, 1.165) is 6.08 Å². The lowest BCUT2D eigenvalue weighted by atomic mass is 10.2. The highest BCUT2D eigenvalue weighted by atomic mass is 79.9. The van der Waals surface area contributed by atoms with Crippen molar-refractivity contribution < 1.29 is 13.2 Å². The summed E-state index contributed by atoms with van der Waals surface area (Å²) in [5, 5.41) is 0.404. The Balaban J connectivity index is 2.98. The minimum absolute atomic E-state index is 0.404. The van der Waals surface area contributed by atoms with Crippen molar-refractivity contribution in [3.05, 3.63) is 39.3 Å². The van der Waals surface area contributed by atoms with Gasteiger partial charge in [-0.2, -0.15) is 13.2 Å². The predicted molar refractivity (Wildman–Crippen MR) is 54.4 cm³/mol. The standard InChI is InChI=1S/C9H5BrClF3/c10-8(9(12,13)14)5-6-2-1-3-7(11)4-6/h1-5H/b8-5-. The van der Waals surface area contributed by atoms with Gasteiger partial charge in [-0.15, -0.1) is 0 Å². The Morgan fingerprint density at radius 3 is 2.50 bits per heavy atom. The van der Waals surface area contributed by atoms with Crippen LogP contribution in [0, 0.1) is 0 Å². The van der Waals surface area contributed by atoms with Crippen molar-refractivity contribution in [2.75, 3.05) is 0 Å². The molecule has 1 rings (SSSR count). The molecule has 0 aliphatic carbocycles. The van der Waals surface area contributed by atoms with Gasteiger partial charge in [0.15, 0.2) is 0 Å². The van der Waals surface area contributed by atoms with Crippen molar-refractivity contribution in [3.8, 4) is 0 Å². The van der Waals surface area contributed by atoms with Gasteiger partial charge in [-0.3, -0.25) is 0 Å². The molecule has 0 aliphatic rings. The van der Waals surface area contributed by atoms with Gasteiger partial charge in [0, 0.05) is 5.02 Å². The molecule has 1 aromatic rings. The SMILES string of the molecule is FC(F)(F)/C(Br)=C/c1cccc(Cl)c1. The maximum absolute atomic E-state index is 12.1. The van der Waals surface area contributed by atoms with Crippen molar-refractivity contribution in [1.82, 2.24) is 0 Å². The van der Waals surface area contributed by atoms with Gasteiger partial charge in [-0.05, 0) is 39.7 Å². The van der Waals surface area contributed by atoms with Crippen molar-refractivity contribution in [1.29, 1.82) is 0 Å². The summed E-state index contributed by atoms with van der Waals surface area (Å²) in [6.45, 7) is 0. The summed E-state index contributed by atoms with van der Waals surface area (Å²) in [6.07, 6.45) is -3.38. The fourth-order valence-corrected chi connectivity index (χ4v) is 1.29. The van der Waals surface area contributed by atoms with E-state index in [-0.39, 0.29) is 0 Å². The van der Waals surface area contributed by atoms with Crippen LogP contribution in [0.4, 0.5) is 13.2 Å². The molecule has 5 heteroatoms. The lowest BCUT2D eigenvalue weighted by Crippen LogP contribution is -2.06. The summed E-state index contributed by atoms with van der Waals surface area (Å²) >= 11 is 8.07. The minimum atomic E-state index is -4.36. The van der Waals surface area contributed by atoms with Gasteiger partial charge < -0.3 is 0 Å². The number of hydrogen-bond donors (Lipinski definition) is 0. The first-order chi connectivity index (χ1) is 6.39. The van der Waals surface area contributed by atoms with Crippen molar-refractivity contribution in [3.63, 3.8) is 0 Å². The molecule has 0 unspecified atom stereocenters. The molecule has 14 heavy (non-hydrogen) atoms. The van der Waals surface area contributed by atoms with E-state index in [4.69, 9.17) is 11.6 Å². The Hall–Kier alpha value is -0.480. The van der Waals surface area contributed by atoms with Gasteiger partial charge in [0.05, 0.1) is 4.48 Å². The summed E-state index contributed by atoms with van der Waals surface area (Å²) in [5.41, 5.74) is 0.404. The minimum Gasteiger partial charge on any atom is -0.166 e. The second-order valence-electron chi connectivity index (χ2n) is 2.55. The lowest BCUT2D eigenvalue weighted by Gasteiger charge is -2.04.